The van der Waals surface area contributed by atoms with Crippen molar-refractivity contribution < 1.29 is 27.2 Å². The first-order valence-electron chi connectivity index (χ1n) is 9.68. The van der Waals surface area contributed by atoms with Gasteiger partial charge < -0.3 is 18.5 Å². The van der Waals surface area contributed by atoms with Crippen molar-refractivity contribution in [1.82, 2.24) is 4.57 Å². The number of oxazole rings is 1. The second-order valence-electron chi connectivity index (χ2n) is 9.67. The summed E-state index contributed by atoms with van der Waals surface area (Å²) in [5.74, 6) is -3.10. The van der Waals surface area contributed by atoms with Gasteiger partial charge in [-0.05, 0) is 39.8 Å². The zero-order chi connectivity index (χ0) is 21.8. The van der Waals surface area contributed by atoms with E-state index in [1.165, 1.54) is 0 Å². The summed E-state index contributed by atoms with van der Waals surface area (Å²) in [4.78, 5) is 12.4. The van der Waals surface area contributed by atoms with Crippen molar-refractivity contribution in [2.24, 2.45) is 0 Å². The first-order valence-corrected chi connectivity index (χ1v) is 13.4. The normalized spacial score (nSPS) is 18.7. The molecular formula is C19H28BF2NO5Si. The maximum atomic E-state index is 14.6. The molecule has 6 nitrogen and oxygen atoms in total. The number of halogens is 2. The molecule has 0 amide bonds. The molecule has 0 radical (unpaired) electrons. The Hall–Kier alpha value is -1.49. The minimum Gasteiger partial charge on any atom is -0.408 e. The summed E-state index contributed by atoms with van der Waals surface area (Å²) >= 11 is 0. The van der Waals surface area contributed by atoms with Gasteiger partial charge in [-0.1, -0.05) is 19.6 Å². The van der Waals surface area contributed by atoms with Gasteiger partial charge in [0.25, 0.3) is 0 Å². The van der Waals surface area contributed by atoms with Gasteiger partial charge in [0.2, 0.25) is 0 Å². The van der Waals surface area contributed by atoms with Crippen LogP contribution in [-0.2, 0) is 20.8 Å². The van der Waals surface area contributed by atoms with Crippen molar-refractivity contribution in [2.45, 2.75) is 71.3 Å². The standard InChI is InChI=1S/C19H28BF2NO5Si/c1-18(2)19(3,4)28-20(27-18)12-10-13(21)14(22)15-16(12)26-17(24)23(15)11-25-8-9-29(5,6)7/h10H,8-9,11H2,1-7H3. The zero-order valence-corrected chi connectivity index (χ0v) is 19.0. The fraction of sp³-hybridized carbons (Fsp3) is 0.632. The summed E-state index contributed by atoms with van der Waals surface area (Å²) in [5, 5.41) is 0. The first kappa shape index (κ1) is 22.2. The fourth-order valence-corrected chi connectivity index (χ4v) is 3.75. The van der Waals surface area contributed by atoms with E-state index in [2.05, 4.69) is 19.6 Å². The van der Waals surface area contributed by atoms with Gasteiger partial charge in [0.15, 0.2) is 17.2 Å². The van der Waals surface area contributed by atoms with Gasteiger partial charge in [-0.15, -0.1) is 0 Å². The zero-order valence-electron chi connectivity index (χ0n) is 18.0. The van der Waals surface area contributed by atoms with E-state index in [0.29, 0.717) is 6.61 Å². The molecule has 1 aliphatic heterocycles. The lowest BCUT2D eigenvalue weighted by atomic mass is 9.78. The molecule has 160 valence electrons. The van der Waals surface area contributed by atoms with Crippen LogP contribution in [0.1, 0.15) is 27.7 Å². The second kappa shape index (κ2) is 7.33. The minimum atomic E-state index is -1.32. The molecule has 29 heavy (non-hydrogen) atoms. The molecule has 2 aromatic rings. The molecule has 1 saturated heterocycles. The Balaban J connectivity index is 1.98. The van der Waals surface area contributed by atoms with E-state index in [4.69, 9.17) is 18.5 Å². The molecule has 0 unspecified atom stereocenters. The average molecular weight is 427 g/mol. The van der Waals surface area contributed by atoms with Gasteiger partial charge >= 0.3 is 12.9 Å². The van der Waals surface area contributed by atoms with E-state index in [0.717, 1.165) is 16.7 Å². The number of fused-ring (bicyclic) bond motifs is 1. The largest absolute Gasteiger partial charge is 0.498 e. The lowest BCUT2D eigenvalue weighted by molar-refractivity contribution is 0.00578. The van der Waals surface area contributed by atoms with Crippen molar-refractivity contribution >= 4 is 31.8 Å². The summed E-state index contributed by atoms with van der Waals surface area (Å²) in [6.45, 7) is 14.2. The molecule has 3 rings (SSSR count). The summed E-state index contributed by atoms with van der Waals surface area (Å²) in [6, 6.07) is 1.84. The lowest BCUT2D eigenvalue weighted by Gasteiger charge is -2.32. The maximum absolute atomic E-state index is 14.6. The molecule has 0 aliphatic carbocycles. The molecule has 2 heterocycles. The third-order valence-corrected chi connectivity index (χ3v) is 7.28. The predicted molar refractivity (Wildman–Crippen MR) is 110 cm³/mol. The summed E-state index contributed by atoms with van der Waals surface area (Å²) in [6.07, 6.45) is 0. The number of ether oxygens (including phenoxy) is 1. The first-order chi connectivity index (χ1) is 13.2. The number of nitrogens with zero attached hydrogens (tertiary/aromatic N) is 1. The summed E-state index contributed by atoms with van der Waals surface area (Å²) in [7, 11) is -2.32. The van der Waals surface area contributed by atoms with Crippen LogP contribution in [0.25, 0.3) is 11.1 Å². The number of hydrogen-bond donors (Lipinski definition) is 0. The molecule has 10 heteroatoms. The number of rotatable bonds is 6. The second-order valence-corrected chi connectivity index (χ2v) is 15.3. The minimum absolute atomic E-state index is 0.0961. The molecule has 0 spiro atoms. The molecular weight excluding hydrogens is 399 g/mol. The van der Waals surface area contributed by atoms with Crippen LogP contribution in [-0.4, -0.2) is 37.6 Å². The molecule has 1 aromatic heterocycles. The van der Waals surface area contributed by atoms with Crippen LogP contribution in [0.4, 0.5) is 8.78 Å². The van der Waals surface area contributed by atoms with Crippen LogP contribution in [0.3, 0.4) is 0 Å². The van der Waals surface area contributed by atoms with Crippen molar-refractivity contribution in [3.8, 4) is 0 Å². The van der Waals surface area contributed by atoms with E-state index in [9.17, 15) is 13.6 Å². The SMILES string of the molecule is CC1(C)OB(c2cc(F)c(F)c3c2oc(=O)n3COCC[Si](C)(C)C)OC1(C)C. The van der Waals surface area contributed by atoms with Crippen LogP contribution in [0.15, 0.2) is 15.3 Å². The van der Waals surface area contributed by atoms with E-state index >= 15 is 0 Å². The Kier molecular flexibility index (Phi) is 5.61. The predicted octanol–water partition coefficient (Wildman–Crippen LogP) is 3.48. The van der Waals surface area contributed by atoms with Crippen LogP contribution in [0.2, 0.25) is 25.7 Å². The molecule has 1 aliphatic rings. The molecule has 1 fully saturated rings. The van der Waals surface area contributed by atoms with Gasteiger partial charge in [0.05, 0.1) is 11.2 Å². The highest BCUT2D eigenvalue weighted by atomic mass is 28.3. The topological polar surface area (TPSA) is 62.8 Å². The highest BCUT2D eigenvalue weighted by molar-refractivity contribution is 6.76. The van der Waals surface area contributed by atoms with Crippen molar-refractivity contribution in [1.29, 1.82) is 0 Å². The molecule has 0 bridgehead atoms. The van der Waals surface area contributed by atoms with Gasteiger partial charge in [0, 0.05) is 20.1 Å². The van der Waals surface area contributed by atoms with E-state index in [-0.39, 0.29) is 23.3 Å². The van der Waals surface area contributed by atoms with Crippen molar-refractivity contribution in [2.75, 3.05) is 6.61 Å². The van der Waals surface area contributed by atoms with E-state index < -0.39 is 43.8 Å². The number of benzene rings is 1. The third kappa shape index (κ3) is 4.21. The van der Waals surface area contributed by atoms with Gasteiger partial charge in [-0.25, -0.2) is 18.1 Å². The quantitative estimate of drug-likeness (QED) is 0.522. The summed E-state index contributed by atoms with van der Waals surface area (Å²) < 4.78 is 52.7. The molecule has 0 saturated carbocycles. The van der Waals surface area contributed by atoms with Crippen LogP contribution < -0.4 is 11.2 Å². The lowest BCUT2D eigenvalue weighted by Crippen LogP contribution is -2.41. The Morgan fingerprint density at radius 2 is 1.72 bits per heavy atom. The monoisotopic (exact) mass is 427 g/mol. The van der Waals surface area contributed by atoms with Gasteiger partial charge in [-0.2, -0.15) is 0 Å². The van der Waals surface area contributed by atoms with Crippen LogP contribution in [0, 0.1) is 11.6 Å². The van der Waals surface area contributed by atoms with E-state index in [1.54, 1.807) is 0 Å². The Morgan fingerprint density at radius 1 is 1.14 bits per heavy atom. The fourth-order valence-electron chi connectivity index (χ4n) is 2.99. The van der Waals surface area contributed by atoms with Crippen LogP contribution >= 0.6 is 0 Å². The third-order valence-electron chi connectivity index (χ3n) is 5.58. The van der Waals surface area contributed by atoms with Crippen molar-refractivity contribution in [3.63, 3.8) is 0 Å². The highest BCUT2D eigenvalue weighted by Crippen LogP contribution is 2.37. The average Bonchev–Trinajstić information content (AvgIpc) is 3.00. The van der Waals surface area contributed by atoms with Crippen molar-refractivity contribution in [3.05, 3.63) is 28.3 Å². The molecule has 0 atom stereocenters. The maximum Gasteiger partial charge on any atom is 0.498 e. The van der Waals surface area contributed by atoms with Crippen LogP contribution in [0.5, 0.6) is 0 Å². The Bertz CT molecular complexity index is 964. The Labute approximate surface area is 170 Å². The highest BCUT2D eigenvalue weighted by Gasteiger charge is 2.53. The van der Waals surface area contributed by atoms with E-state index in [1.807, 2.05) is 27.7 Å². The molecule has 0 N–H and O–H groups in total. The van der Waals surface area contributed by atoms with Gasteiger partial charge in [0.1, 0.15) is 12.2 Å². The van der Waals surface area contributed by atoms with Gasteiger partial charge in [-0.3, -0.25) is 0 Å². The number of hydrogen-bond acceptors (Lipinski definition) is 5. The Morgan fingerprint density at radius 3 is 2.28 bits per heavy atom. The number of aromatic nitrogens is 1. The summed E-state index contributed by atoms with van der Waals surface area (Å²) in [5.41, 5.74) is -1.61. The smallest absolute Gasteiger partial charge is 0.408 e. The molecule has 1 aromatic carbocycles.